The smallest absolute Gasteiger partial charge is 0.252 e. The molecule has 1 aromatic heterocycles. The first-order valence-corrected chi connectivity index (χ1v) is 8.82. The summed E-state index contributed by atoms with van der Waals surface area (Å²) in [4.78, 5) is 18.1. The van der Waals surface area contributed by atoms with E-state index in [1.807, 2.05) is 48.7 Å². The number of carbonyl (C=O) groups is 1. The van der Waals surface area contributed by atoms with Gasteiger partial charge < -0.3 is 9.88 Å². The highest BCUT2D eigenvalue weighted by Crippen LogP contribution is 2.20. The SMILES string of the molecule is CCn1c(CNC(=O)c2ccccc2SC)nc2ccccc21. The van der Waals surface area contributed by atoms with Crippen LogP contribution in [0.3, 0.4) is 0 Å². The molecule has 1 N–H and O–H groups in total. The number of amides is 1. The Kier molecular flexibility index (Phi) is 4.67. The third kappa shape index (κ3) is 3.10. The van der Waals surface area contributed by atoms with E-state index in [1.54, 1.807) is 11.8 Å². The Morgan fingerprint density at radius 3 is 2.70 bits per heavy atom. The number of aromatic nitrogens is 2. The number of benzene rings is 2. The Labute approximate surface area is 139 Å². The number of carbonyl (C=O) groups excluding carboxylic acids is 1. The molecule has 2 aromatic carbocycles. The molecule has 1 heterocycles. The summed E-state index contributed by atoms with van der Waals surface area (Å²) in [5.41, 5.74) is 2.77. The van der Waals surface area contributed by atoms with Crippen LogP contribution in [0.25, 0.3) is 11.0 Å². The van der Waals surface area contributed by atoms with Gasteiger partial charge in [-0.25, -0.2) is 4.98 Å². The maximum atomic E-state index is 12.5. The summed E-state index contributed by atoms with van der Waals surface area (Å²) in [5, 5.41) is 2.99. The van der Waals surface area contributed by atoms with Gasteiger partial charge in [0.1, 0.15) is 5.82 Å². The average Bonchev–Trinajstić information content (AvgIpc) is 2.97. The molecule has 0 aliphatic rings. The van der Waals surface area contributed by atoms with Crippen molar-refractivity contribution >= 4 is 28.7 Å². The minimum atomic E-state index is -0.0651. The van der Waals surface area contributed by atoms with Crippen LogP contribution < -0.4 is 5.32 Å². The Morgan fingerprint density at radius 1 is 1.17 bits per heavy atom. The standard InChI is InChI=1S/C18H19N3OS/c1-3-21-15-10-6-5-9-14(15)20-17(21)12-19-18(22)13-8-4-7-11-16(13)23-2/h4-11H,3,12H2,1-2H3,(H,19,22). The average molecular weight is 325 g/mol. The van der Waals surface area contributed by atoms with Crippen LogP contribution in [0.15, 0.2) is 53.4 Å². The van der Waals surface area contributed by atoms with Crippen molar-refractivity contribution in [3.63, 3.8) is 0 Å². The van der Waals surface area contributed by atoms with Gasteiger partial charge in [-0.15, -0.1) is 11.8 Å². The molecular formula is C18H19N3OS. The first kappa shape index (κ1) is 15.6. The monoisotopic (exact) mass is 325 g/mol. The van der Waals surface area contributed by atoms with Gasteiger partial charge >= 0.3 is 0 Å². The van der Waals surface area contributed by atoms with Gasteiger partial charge in [0.15, 0.2) is 0 Å². The molecule has 0 aliphatic carbocycles. The van der Waals surface area contributed by atoms with Gasteiger partial charge in [-0.2, -0.15) is 0 Å². The number of fused-ring (bicyclic) bond motifs is 1. The van der Waals surface area contributed by atoms with Gasteiger partial charge in [-0.1, -0.05) is 24.3 Å². The first-order chi connectivity index (χ1) is 11.2. The highest BCUT2D eigenvalue weighted by Gasteiger charge is 2.13. The number of nitrogens with zero attached hydrogens (tertiary/aromatic N) is 2. The van der Waals surface area contributed by atoms with E-state index in [9.17, 15) is 4.79 Å². The zero-order chi connectivity index (χ0) is 16.2. The molecule has 0 aliphatic heterocycles. The van der Waals surface area contributed by atoms with Gasteiger partial charge in [0.05, 0.1) is 23.1 Å². The molecule has 118 valence electrons. The summed E-state index contributed by atoms with van der Waals surface area (Å²) in [6.45, 7) is 3.33. The normalized spacial score (nSPS) is 10.9. The predicted octanol–water partition coefficient (Wildman–Crippen LogP) is 3.71. The van der Waals surface area contributed by atoms with Crippen molar-refractivity contribution in [2.24, 2.45) is 0 Å². The molecule has 0 radical (unpaired) electrons. The minimum Gasteiger partial charge on any atom is -0.345 e. The van der Waals surface area contributed by atoms with Crippen molar-refractivity contribution in [1.29, 1.82) is 0 Å². The lowest BCUT2D eigenvalue weighted by molar-refractivity contribution is 0.0946. The molecule has 5 heteroatoms. The van der Waals surface area contributed by atoms with Crippen molar-refractivity contribution in [3.05, 3.63) is 59.9 Å². The van der Waals surface area contributed by atoms with Crippen LogP contribution in [0.5, 0.6) is 0 Å². The number of nitrogens with one attached hydrogen (secondary N) is 1. The van der Waals surface area contributed by atoms with Crippen LogP contribution in [0.1, 0.15) is 23.1 Å². The largest absolute Gasteiger partial charge is 0.345 e. The van der Waals surface area contributed by atoms with E-state index in [0.717, 1.165) is 28.3 Å². The third-order valence-electron chi connectivity index (χ3n) is 3.81. The molecular weight excluding hydrogens is 306 g/mol. The molecule has 3 aromatic rings. The van der Waals surface area contributed by atoms with E-state index in [-0.39, 0.29) is 5.91 Å². The van der Waals surface area contributed by atoms with Crippen LogP contribution in [0.4, 0.5) is 0 Å². The van der Waals surface area contributed by atoms with E-state index in [4.69, 9.17) is 0 Å². The maximum Gasteiger partial charge on any atom is 0.252 e. The van der Waals surface area contributed by atoms with Crippen molar-refractivity contribution in [2.45, 2.75) is 24.9 Å². The highest BCUT2D eigenvalue weighted by atomic mass is 32.2. The second-order valence-corrected chi connectivity index (χ2v) is 5.99. The van der Waals surface area contributed by atoms with Gasteiger partial charge in [0.2, 0.25) is 0 Å². The summed E-state index contributed by atoms with van der Waals surface area (Å²) in [6.07, 6.45) is 1.97. The lowest BCUT2D eigenvalue weighted by atomic mass is 10.2. The molecule has 0 unspecified atom stereocenters. The quantitative estimate of drug-likeness (QED) is 0.728. The molecule has 1 amide bonds. The van der Waals surface area contributed by atoms with Crippen molar-refractivity contribution in [3.8, 4) is 0 Å². The number of thioether (sulfide) groups is 1. The van der Waals surface area contributed by atoms with Crippen LogP contribution >= 0.6 is 11.8 Å². The van der Waals surface area contributed by atoms with Crippen LogP contribution in [-0.4, -0.2) is 21.7 Å². The third-order valence-corrected chi connectivity index (χ3v) is 4.60. The fourth-order valence-corrected chi connectivity index (χ4v) is 3.30. The van der Waals surface area contributed by atoms with Gasteiger partial charge in [0.25, 0.3) is 5.91 Å². The van der Waals surface area contributed by atoms with E-state index < -0.39 is 0 Å². The molecule has 0 saturated heterocycles. The molecule has 0 fully saturated rings. The van der Waals surface area contributed by atoms with Crippen molar-refractivity contribution in [1.82, 2.24) is 14.9 Å². The summed E-state index contributed by atoms with van der Waals surface area (Å²) >= 11 is 1.58. The van der Waals surface area contributed by atoms with Crippen LogP contribution in [0, 0.1) is 0 Å². The number of hydrogen-bond acceptors (Lipinski definition) is 3. The lowest BCUT2D eigenvalue weighted by Crippen LogP contribution is -2.25. The Balaban J connectivity index is 1.82. The predicted molar refractivity (Wildman–Crippen MR) is 94.8 cm³/mol. The maximum absolute atomic E-state index is 12.5. The number of para-hydroxylation sites is 2. The van der Waals surface area contributed by atoms with E-state index >= 15 is 0 Å². The number of aryl methyl sites for hydroxylation is 1. The molecule has 3 rings (SSSR count). The number of hydrogen-bond donors (Lipinski definition) is 1. The second-order valence-electron chi connectivity index (χ2n) is 5.14. The van der Waals surface area contributed by atoms with E-state index in [2.05, 4.69) is 27.9 Å². The highest BCUT2D eigenvalue weighted by molar-refractivity contribution is 7.98. The Hall–Kier alpha value is -2.27. The zero-order valence-corrected chi connectivity index (χ0v) is 14.1. The zero-order valence-electron chi connectivity index (χ0n) is 13.2. The number of imidazole rings is 1. The van der Waals surface area contributed by atoms with Gasteiger partial charge in [-0.3, -0.25) is 4.79 Å². The van der Waals surface area contributed by atoms with Crippen LogP contribution in [-0.2, 0) is 13.1 Å². The molecule has 0 bridgehead atoms. The topological polar surface area (TPSA) is 46.9 Å². The van der Waals surface area contributed by atoms with E-state index in [0.29, 0.717) is 12.1 Å². The van der Waals surface area contributed by atoms with E-state index in [1.165, 1.54) is 0 Å². The second kappa shape index (κ2) is 6.87. The summed E-state index contributed by atoms with van der Waals surface area (Å²) < 4.78 is 2.14. The van der Waals surface area contributed by atoms with Crippen LogP contribution in [0.2, 0.25) is 0 Å². The minimum absolute atomic E-state index is 0.0651. The van der Waals surface area contributed by atoms with Gasteiger partial charge in [-0.05, 0) is 37.4 Å². The lowest BCUT2D eigenvalue weighted by Gasteiger charge is -2.09. The van der Waals surface area contributed by atoms with Gasteiger partial charge in [0, 0.05) is 11.4 Å². The number of rotatable bonds is 5. The molecule has 0 spiro atoms. The Morgan fingerprint density at radius 2 is 1.91 bits per heavy atom. The summed E-state index contributed by atoms with van der Waals surface area (Å²) in [7, 11) is 0. The summed E-state index contributed by atoms with van der Waals surface area (Å²) in [6, 6.07) is 15.7. The Bertz CT molecular complexity index is 841. The fourth-order valence-electron chi connectivity index (χ4n) is 2.70. The van der Waals surface area contributed by atoms with Crippen molar-refractivity contribution in [2.75, 3.05) is 6.26 Å². The molecule has 0 atom stereocenters. The molecule has 4 nitrogen and oxygen atoms in total. The molecule has 23 heavy (non-hydrogen) atoms. The fraction of sp³-hybridized carbons (Fsp3) is 0.222. The summed E-state index contributed by atoms with van der Waals surface area (Å²) in [5.74, 6) is 0.813. The van der Waals surface area contributed by atoms with Crippen molar-refractivity contribution < 1.29 is 4.79 Å². The first-order valence-electron chi connectivity index (χ1n) is 7.60. The molecule has 0 saturated carbocycles.